The van der Waals surface area contributed by atoms with Gasteiger partial charge in [0.1, 0.15) is 0 Å². The van der Waals surface area contributed by atoms with Gasteiger partial charge >= 0.3 is 0 Å². The number of hydrogen-bond acceptors (Lipinski definition) is 16. The van der Waals surface area contributed by atoms with Crippen LogP contribution in [0.1, 0.15) is 0 Å². The summed E-state index contributed by atoms with van der Waals surface area (Å²) in [6.45, 7) is 3.78. The van der Waals surface area contributed by atoms with E-state index in [4.69, 9.17) is 86.7 Å². The lowest BCUT2D eigenvalue weighted by molar-refractivity contribution is 0.306. The van der Waals surface area contributed by atoms with Gasteiger partial charge < -0.3 is 196 Å². The minimum atomic E-state index is 0. The molecule has 0 radical (unpaired) electrons. The Balaban J connectivity index is -0.00000000462. The SMILES string of the molecule is NCCO.NCCO.NCCO.NCCO.NCCO.NCCO.NCCO.NCCO.O.O.O.O.O.O.O.O.O.O.O.O.O.O.O.O.O.O.O.O. The molecule has 0 unspecified atom stereocenters. The fourth-order valence-corrected chi connectivity index (χ4v) is 0. The van der Waals surface area contributed by atoms with Crippen LogP contribution in [0.15, 0.2) is 0 Å². The molecule has 0 atom stereocenters. The van der Waals surface area contributed by atoms with Crippen molar-refractivity contribution in [1.82, 2.24) is 0 Å². The van der Waals surface area contributed by atoms with Crippen molar-refractivity contribution < 1.29 is 150 Å². The highest BCUT2D eigenvalue weighted by Crippen LogP contribution is 1.35. The summed E-state index contributed by atoms with van der Waals surface area (Å²) in [6, 6.07) is 0. The van der Waals surface area contributed by atoms with Crippen LogP contribution in [0.4, 0.5) is 0 Å². The van der Waals surface area contributed by atoms with Crippen LogP contribution in [0.5, 0.6) is 0 Å². The third-order valence-electron chi connectivity index (χ3n) is 1.03. The lowest BCUT2D eigenvalue weighted by Gasteiger charge is -1.71. The van der Waals surface area contributed by atoms with E-state index in [0.29, 0.717) is 52.4 Å². The van der Waals surface area contributed by atoms with E-state index in [1.807, 2.05) is 0 Å². The lowest BCUT2D eigenvalue weighted by Crippen LogP contribution is -2.02. The van der Waals surface area contributed by atoms with Gasteiger partial charge in [-0.25, -0.2) is 0 Å². The molecule has 0 amide bonds. The van der Waals surface area contributed by atoms with Crippen molar-refractivity contribution in [2.45, 2.75) is 0 Å². The molecule has 36 heteroatoms. The summed E-state index contributed by atoms with van der Waals surface area (Å²) in [6.07, 6.45) is 0. The summed E-state index contributed by atoms with van der Waals surface area (Å²) in [5.74, 6) is 0. The van der Waals surface area contributed by atoms with Crippen molar-refractivity contribution in [3.63, 3.8) is 0 Å². The van der Waals surface area contributed by atoms with Gasteiger partial charge in [0, 0.05) is 52.4 Å². The Kier molecular flexibility index (Phi) is 2590. The molecule has 64 N–H and O–H groups in total. The molecule has 52 heavy (non-hydrogen) atoms. The zero-order valence-corrected chi connectivity index (χ0v) is 29.5. The smallest absolute Gasteiger partial charge is 0.0553 e. The molecule has 36 nitrogen and oxygen atoms in total. The Morgan fingerprint density at radius 2 is 0.173 bits per heavy atom. The van der Waals surface area contributed by atoms with Crippen molar-refractivity contribution in [3.05, 3.63) is 0 Å². The molecule has 0 aliphatic rings. The monoisotopic (exact) mass is 849 g/mol. The van der Waals surface area contributed by atoms with Crippen LogP contribution in [0.25, 0.3) is 0 Å². The maximum Gasteiger partial charge on any atom is 0.0553 e. The third kappa shape index (κ3) is 2550. The maximum absolute atomic E-state index is 7.75. The van der Waals surface area contributed by atoms with Gasteiger partial charge in [-0.15, -0.1) is 0 Å². The first kappa shape index (κ1) is 244. The standard InChI is InChI=1S/8C2H7NO.20H2O/c8*3-1-2-4;;;;;;;;;;;;;;;;;;;;/h8*4H,1-3H2;20*1H2. The zero-order chi connectivity index (χ0) is 27.3. The van der Waals surface area contributed by atoms with Gasteiger partial charge in [0.15, 0.2) is 0 Å². The number of aliphatic hydroxyl groups is 8. The van der Waals surface area contributed by atoms with Crippen molar-refractivity contribution in [2.24, 2.45) is 45.9 Å². The van der Waals surface area contributed by atoms with E-state index >= 15 is 0 Å². The van der Waals surface area contributed by atoms with E-state index < -0.39 is 0 Å². The summed E-state index contributed by atoms with van der Waals surface area (Å²) in [7, 11) is 0. The van der Waals surface area contributed by atoms with Crippen molar-refractivity contribution in [2.75, 3.05) is 105 Å². The minimum absolute atomic E-state index is 0. The van der Waals surface area contributed by atoms with Crippen molar-refractivity contribution >= 4 is 0 Å². The fraction of sp³-hybridized carbons (Fsp3) is 1.00. The average Bonchev–Trinajstić information content (AvgIpc) is 2.89. The summed E-state index contributed by atoms with van der Waals surface area (Å²) in [4.78, 5) is 0. The molecule has 0 saturated carbocycles. The first-order valence-electron chi connectivity index (χ1n) is 9.80. The molecule has 0 saturated heterocycles. The van der Waals surface area contributed by atoms with E-state index in [2.05, 4.69) is 0 Å². The molecule has 368 valence electrons. The average molecular weight is 849 g/mol. The highest BCUT2D eigenvalue weighted by molar-refractivity contribution is 4.20. The normalized spacial score (nSPS) is 4.62. The van der Waals surface area contributed by atoms with Crippen LogP contribution in [-0.2, 0) is 0 Å². The maximum atomic E-state index is 7.75. The Bertz CT molecular complexity index is 138. The second kappa shape index (κ2) is 551. The summed E-state index contributed by atoms with van der Waals surface area (Å²) >= 11 is 0. The second-order valence-electron chi connectivity index (χ2n) is 4.10. The van der Waals surface area contributed by atoms with Crippen molar-refractivity contribution in [3.8, 4) is 0 Å². The van der Waals surface area contributed by atoms with E-state index in [-0.39, 0.29) is 162 Å². The van der Waals surface area contributed by atoms with Gasteiger partial charge in [0.2, 0.25) is 0 Å². The van der Waals surface area contributed by atoms with Crippen LogP contribution in [0.3, 0.4) is 0 Å². The Morgan fingerprint density at radius 1 is 0.154 bits per heavy atom. The van der Waals surface area contributed by atoms with Crippen LogP contribution in [0, 0.1) is 0 Å². The molecule has 0 rings (SSSR count). The van der Waals surface area contributed by atoms with E-state index in [1.54, 1.807) is 0 Å². The summed E-state index contributed by atoms with van der Waals surface area (Å²) in [5, 5.41) is 62.0. The number of nitrogens with two attached hydrogens (primary N) is 8. The predicted molar refractivity (Wildman–Crippen MR) is 201 cm³/mol. The van der Waals surface area contributed by atoms with E-state index in [1.165, 1.54) is 0 Å². The topological polar surface area (TPSA) is 1000 Å². The number of aliphatic hydroxyl groups excluding tert-OH is 8. The molecule has 0 aromatic rings. The molecule has 0 heterocycles. The molecule has 0 spiro atoms. The summed E-state index contributed by atoms with van der Waals surface area (Å²) in [5.41, 5.74) is 38.2. The third-order valence-corrected chi connectivity index (χ3v) is 1.03. The molecule has 0 bridgehead atoms. The fourth-order valence-electron chi connectivity index (χ4n) is 0. The first-order valence-corrected chi connectivity index (χ1v) is 9.80. The quantitative estimate of drug-likeness (QED) is 0.108. The van der Waals surface area contributed by atoms with E-state index in [9.17, 15) is 0 Å². The minimum Gasteiger partial charge on any atom is -0.412 e. The second-order valence-corrected chi connectivity index (χ2v) is 4.10. The summed E-state index contributed by atoms with van der Waals surface area (Å²) < 4.78 is 0. The number of hydrogen-bond donors (Lipinski definition) is 16. The van der Waals surface area contributed by atoms with Crippen molar-refractivity contribution in [1.29, 1.82) is 0 Å². The predicted octanol–water partition coefficient (Wildman–Crippen LogP) is -25.0. The van der Waals surface area contributed by atoms with Gasteiger partial charge in [-0.3, -0.25) is 0 Å². The molecule has 0 aliphatic carbocycles. The van der Waals surface area contributed by atoms with Gasteiger partial charge in [-0.05, 0) is 0 Å². The lowest BCUT2D eigenvalue weighted by atomic mass is 10.8. The van der Waals surface area contributed by atoms with Crippen LogP contribution >= 0.6 is 0 Å². The highest BCUT2D eigenvalue weighted by Gasteiger charge is 1.58. The first-order chi connectivity index (χ1) is 15.3. The van der Waals surface area contributed by atoms with Gasteiger partial charge in [0.05, 0.1) is 52.9 Å². The van der Waals surface area contributed by atoms with Crippen LogP contribution in [-0.4, -0.2) is 256 Å². The Morgan fingerprint density at radius 3 is 0.173 bits per heavy atom. The van der Waals surface area contributed by atoms with Gasteiger partial charge in [-0.1, -0.05) is 0 Å². The van der Waals surface area contributed by atoms with Crippen LogP contribution in [0.2, 0.25) is 0 Å². The highest BCUT2D eigenvalue weighted by atomic mass is 16.3. The zero-order valence-electron chi connectivity index (χ0n) is 29.5. The van der Waals surface area contributed by atoms with E-state index in [0.717, 1.165) is 0 Å². The molecular weight excluding hydrogens is 752 g/mol. The number of rotatable bonds is 8. The molecule has 0 fully saturated rings. The van der Waals surface area contributed by atoms with Gasteiger partial charge in [0.25, 0.3) is 0 Å². The van der Waals surface area contributed by atoms with Crippen LogP contribution < -0.4 is 45.9 Å². The largest absolute Gasteiger partial charge is 0.412 e. The van der Waals surface area contributed by atoms with Gasteiger partial charge in [-0.2, -0.15) is 0 Å². The Labute approximate surface area is 302 Å². The molecular formula is C16H96N8O28. The Hall–Kier alpha value is -1.44. The molecule has 0 aliphatic heterocycles. The molecule has 0 aromatic heterocycles. The molecule has 0 aromatic carbocycles.